The zero-order valence-corrected chi connectivity index (χ0v) is 15.4. The molecule has 2 aromatic carbocycles. The third-order valence-electron chi connectivity index (χ3n) is 3.64. The number of benzene rings is 2. The van der Waals surface area contributed by atoms with Crippen LogP contribution in [0.2, 0.25) is 0 Å². The topological polar surface area (TPSA) is 55.4 Å². The van der Waals surface area contributed by atoms with Crippen LogP contribution in [0, 0.1) is 5.82 Å². The van der Waals surface area contributed by atoms with Crippen molar-refractivity contribution in [1.29, 1.82) is 0 Å². The Morgan fingerprint density at radius 2 is 1.76 bits per heavy atom. The summed E-state index contributed by atoms with van der Waals surface area (Å²) in [6.07, 6.45) is 0.581. The largest absolute Gasteiger partial charge is 0.456 e. The number of rotatable bonds is 7. The fourth-order valence-corrected chi connectivity index (χ4v) is 2.50. The Morgan fingerprint density at radius 1 is 1.12 bits per heavy atom. The van der Waals surface area contributed by atoms with Crippen LogP contribution >= 0.6 is 15.9 Å². The number of hydrogen-bond donors (Lipinski definition) is 1. The van der Waals surface area contributed by atoms with E-state index in [9.17, 15) is 14.0 Å². The molecule has 1 atom stereocenters. The Kier molecular flexibility index (Phi) is 7.13. The van der Waals surface area contributed by atoms with Crippen molar-refractivity contribution in [1.82, 2.24) is 5.32 Å². The molecule has 0 aliphatic heterocycles. The molecule has 0 radical (unpaired) electrons. The average molecular weight is 408 g/mol. The first-order valence-corrected chi connectivity index (χ1v) is 8.68. The minimum Gasteiger partial charge on any atom is -0.456 e. The third kappa shape index (κ3) is 6.66. The maximum absolute atomic E-state index is 12.8. The van der Waals surface area contributed by atoms with Gasteiger partial charge in [0, 0.05) is 10.9 Å². The molecule has 6 heteroatoms. The second-order valence-electron chi connectivity index (χ2n) is 5.63. The molecule has 0 spiro atoms. The molecule has 25 heavy (non-hydrogen) atoms. The van der Waals surface area contributed by atoms with Gasteiger partial charge in [0.15, 0.2) is 6.61 Å². The average Bonchev–Trinajstić information content (AvgIpc) is 2.60. The summed E-state index contributed by atoms with van der Waals surface area (Å²) < 4.78 is 18.7. The summed E-state index contributed by atoms with van der Waals surface area (Å²) in [4.78, 5) is 23.6. The molecule has 132 valence electrons. The fourth-order valence-electron chi connectivity index (χ4n) is 2.23. The molecule has 0 saturated heterocycles. The van der Waals surface area contributed by atoms with E-state index in [4.69, 9.17) is 4.74 Å². The van der Waals surface area contributed by atoms with E-state index in [0.29, 0.717) is 6.42 Å². The summed E-state index contributed by atoms with van der Waals surface area (Å²) >= 11 is 3.36. The fraction of sp³-hybridized carbons (Fsp3) is 0.263. The molecule has 0 saturated carbocycles. The second-order valence-corrected chi connectivity index (χ2v) is 6.54. The van der Waals surface area contributed by atoms with Gasteiger partial charge in [-0.15, -0.1) is 0 Å². The first-order valence-electron chi connectivity index (χ1n) is 7.89. The van der Waals surface area contributed by atoms with E-state index >= 15 is 0 Å². The van der Waals surface area contributed by atoms with Gasteiger partial charge < -0.3 is 10.1 Å². The molecule has 2 aromatic rings. The molecule has 1 amide bonds. The van der Waals surface area contributed by atoms with Gasteiger partial charge >= 0.3 is 5.97 Å². The highest BCUT2D eigenvalue weighted by Crippen LogP contribution is 2.16. The first-order chi connectivity index (χ1) is 11.9. The Balaban J connectivity index is 1.70. The molecular weight excluding hydrogens is 389 g/mol. The van der Waals surface area contributed by atoms with Crippen molar-refractivity contribution >= 4 is 27.8 Å². The van der Waals surface area contributed by atoms with E-state index in [-0.39, 0.29) is 30.8 Å². The molecule has 4 nitrogen and oxygen atoms in total. The lowest BCUT2D eigenvalue weighted by Crippen LogP contribution is -2.31. The molecule has 2 rings (SSSR count). The maximum Gasteiger partial charge on any atom is 0.306 e. The highest BCUT2D eigenvalue weighted by atomic mass is 79.9. The maximum atomic E-state index is 12.8. The number of carbonyl (C=O) groups excluding carboxylic acids is 2. The number of esters is 1. The molecule has 0 fully saturated rings. The second kappa shape index (κ2) is 9.32. The van der Waals surface area contributed by atoms with Crippen molar-refractivity contribution in [3.63, 3.8) is 0 Å². The minimum absolute atomic E-state index is 0.140. The summed E-state index contributed by atoms with van der Waals surface area (Å²) in [7, 11) is 0. The molecule has 0 heterocycles. The van der Waals surface area contributed by atoms with E-state index in [1.165, 1.54) is 12.1 Å². The van der Waals surface area contributed by atoms with Crippen LogP contribution in [0.15, 0.2) is 53.0 Å². The Labute approximate surface area is 154 Å². The number of ether oxygens (including phenoxy) is 1. The summed E-state index contributed by atoms with van der Waals surface area (Å²) in [5, 5.41) is 2.78. The van der Waals surface area contributed by atoms with Gasteiger partial charge in [0.05, 0.1) is 6.04 Å². The minimum atomic E-state index is -0.462. The van der Waals surface area contributed by atoms with Gasteiger partial charge in [0.25, 0.3) is 5.91 Å². The summed E-state index contributed by atoms with van der Waals surface area (Å²) in [6.45, 7) is 1.54. The Morgan fingerprint density at radius 3 is 2.40 bits per heavy atom. The standard InChI is InChI=1S/C19H19BrFNO3/c1-13(15-5-7-16(20)8-6-15)22-18(23)12-25-19(24)11-4-14-2-9-17(21)10-3-14/h2-3,5-10,13H,4,11-12H2,1H3,(H,22,23)/t13-/m0/s1. The molecule has 0 aromatic heterocycles. The van der Waals surface area contributed by atoms with E-state index < -0.39 is 5.97 Å². The Hall–Kier alpha value is -2.21. The molecular formula is C19H19BrFNO3. The summed E-state index contributed by atoms with van der Waals surface area (Å²) in [6, 6.07) is 13.4. The van der Waals surface area contributed by atoms with Crippen molar-refractivity contribution in [3.05, 3.63) is 69.9 Å². The molecule has 0 aliphatic carbocycles. The van der Waals surface area contributed by atoms with Gasteiger partial charge in [-0.3, -0.25) is 9.59 Å². The number of hydrogen-bond acceptors (Lipinski definition) is 3. The van der Waals surface area contributed by atoms with Gasteiger partial charge in [-0.1, -0.05) is 40.2 Å². The Bertz CT molecular complexity index is 716. The third-order valence-corrected chi connectivity index (χ3v) is 4.17. The van der Waals surface area contributed by atoms with Crippen molar-refractivity contribution < 1.29 is 18.7 Å². The lowest BCUT2D eigenvalue weighted by Gasteiger charge is -2.14. The van der Waals surface area contributed by atoms with Crippen molar-refractivity contribution in [2.45, 2.75) is 25.8 Å². The zero-order valence-electron chi connectivity index (χ0n) is 13.8. The number of amides is 1. The van der Waals surface area contributed by atoms with Gasteiger partial charge in [-0.25, -0.2) is 4.39 Å². The van der Waals surface area contributed by atoms with E-state index in [0.717, 1.165) is 15.6 Å². The number of carbonyl (C=O) groups is 2. The van der Waals surface area contributed by atoms with Gasteiger partial charge in [-0.05, 0) is 48.7 Å². The summed E-state index contributed by atoms with van der Waals surface area (Å²) in [5.41, 5.74) is 1.80. The molecule has 0 bridgehead atoms. The van der Waals surface area contributed by atoms with Crippen LogP contribution in [0.5, 0.6) is 0 Å². The highest BCUT2D eigenvalue weighted by Gasteiger charge is 2.12. The van der Waals surface area contributed by atoms with Crippen molar-refractivity contribution in [3.8, 4) is 0 Å². The van der Waals surface area contributed by atoms with Crippen LogP contribution in [0.3, 0.4) is 0 Å². The SMILES string of the molecule is C[C@H](NC(=O)COC(=O)CCc1ccc(F)cc1)c1ccc(Br)cc1. The smallest absolute Gasteiger partial charge is 0.306 e. The van der Waals surface area contributed by atoms with Crippen LogP contribution in [-0.2, 0) is 20.7 Å². The lowest BCUT2D eigenvalue weighted by molar-refractivity contribution is -0.148. The molecule has 0 aliphatic rings. The first kappa shape index (κ1) is 19.1. The van der Waals surface area contributed by atoms with Crippen molar-refractivity contribution in [2.24, 2.45) is 0 Å². The van der Waals surface area contributed by atoms with E-state index in [1.54, 1.807) is 12.1 Å². The van der Waals surface area contributed by atoms with Gasteiger partial charge in [0.1, 0.15) is 5.82 Å². The normalized spacial score (nSPS) is 11.6. The van der Waals surface area contributed by atoms with Crippen molar-refractivity contribution in [2.75, 3.05) is 6.61 Å². The number of aryl methyl sites for hydroxylation is 1. The molecule has 0 unspecified atom stereocenters. The quantitative estimate of drug-likeness (QED) is 0.707. The monoisotopic (exact) mass is 407 g/mol. The lowest BCUT2D eigenvalue weighted by atomic mass is 10.1. The number of nitrogens with one attached hydrogen (secondary N) is 1. The van der Waals surface area contributed by atoms with Gasteiger partial charge in [0.2, 0.25) is 0 Å². The van der Waals surface area contributed by atoms with E-state index in [2.05, 4.69) is 21.2 Å². The van der Waals surface area contributed by atoms with Crippen LogP contribution in [0.1, 0.15) is 30.5 Å². The number of halogens is 2. The van der Waals surface area contributed by atoms with Crippen LogP contribution in [0.4, 0.5) is 4.39 Å². The predicted octanol–water partition coefficient (Wildman–Crippen LogP) is 3.94. The molecule has 1 N–H and O–H groups in total. The highest BCUT2D eigenvalue weighted by molar-refractivity contribution is 9.10. The zero-order chi connectivity index (χ0) is 18.2. The van der Waals surface area contributed by atoms with E-state index in [1.807, 2.05) is 31.2 Å². The van der Waals surface area contributed by atoms with Gasteiger partial charge in [-0.2, -0.15) is 0 Å². The summed E-state index contributed by atoms with van der Waals surface area (Å²) in [5.74, 6) is -1.13. The van der Waals surface area contributed by atoms with Crippen LogP contribution in [-0.4, -0.2) is 18.5 Å². The predicted molar refractivity (Wildman–Crippen MR) is 96.4 cm³/mol. The van der Waals surface area contributed by atoms with Crippen LogP contribution in [0.25, 0.3) is 0 Å². The van der Waals surface area contributed by atoms with Crippen LogP contribution < -0.4 is 5.32 Å².